The molecule has 1 saturated heterocycles. The van der Waals surface area contributed by atoms with Crippen molar-refractivity contribution in [1.82, 2.24) is 14.9 Å². The Morgan fingerprint density at radius 3 is 2.30 bits per heavy atom. The second-order valence-corrected chi connectivity index (χ2v) is 9.59. The molecule has 0 unspecified atom stereocenters. The van der Waals surface area contributed by atoms with E-state index in [1.165, 1.54) is 24.5 Å². The molecule has 1 aliphatic rings. The summed E-state index contributed by atoms with van der Waals surface area (Å²) in [6.07, 6.45) is 0.141. The highest BCUT2D eigenvalue weighted by molar-refractivity contribution is 5.94. The van der Waals surface area contributed by atoms with Crippen LogP contribution < -0.4 is 4.90 Å². The highest BCUT2D eigenvalue weighted by Crippen LogP contribution is 2.32. The van der Waals surface area contributed by atoms with Crippen molar-refractivity contribution in [3.63, 3.8) is 0 Å². The van der Waals surface area contributed by atoms with Crippen molar-refractivity contribution in [3.05, 3.63) is 76.5 Å². The number of amides is 1. The number of piperazine rings is 1. The first-order valence-corrected chi connectivity index (χ1v) is 12.8. The smallest absolute Gasteiger partial charge is 0.353 e. The number of alkyl halides is 3. The van der Waals surface area contributed by atoms with Crippen molar-refractivity contribution in [2.24, 2.45) is 0 Å². The minimum Gasteiger partial charge on any atom is -0.353 e. The molecule has 1 aromatic heterocycles. The largest absolute Gasteiger partial charge is 0.416 e. The highest BCUT2D eigenvalue weighted by atomic mass is 19.4. The first kappa shape index (κ1) is 26.6. The summed E-state index contributed by atoms with van der Waals surface area (Å²) in [4.78, 5) is 26.1. The average Bonchev–Trinajstić information content (AvgIpc) is 2.90. The van der Waals surface area contributed by atoms with E-state index in [-0.39, 0.29) is 11.7 Å². The highest BCUT2D eigenvalue weighted by Gasteiger charge is 2.31. The number of rotatable bonds is 7. The van der Waals surface area contributed by atoms with E-state index < -0.39 is 11.7 Å². The molecule has 0 bridgehead atoms. The van der Waals surface area contributed by atoms with Crippen LogP contribution in [0.4, 0.5) is 19.0 Å². The van der Waals surface area contributed by atoms with Crippen molar-refractivity contribution >= 4 is 11.7 Å². The fourth-order valence-electron chi connectivity index (χ4n) is 4.58. The quantitative estimate of drug-likeness (QED) is 0.342. The number of carbonyl (C=O) groups excluding carboxylic acids is 1. The summed E-state index contributed by atoms with van der Waals surface area (Å²) in [5.41, 5.74) is 3.14. The maximum Gasteiger partial charge on any atom is 0.416 e. The summed E-state index contributed by atoms with van der Waals surface area (Å²) in [6, 6.07) is 13.0. The molecule has 0 atom stereocenters. The zero-order chi connectivity index (χ0) is 26.6. The Bertz CT molecular complexity index is 1230. The number of benzene rings is 2. The zero-order valence-electron chi connectivity index (χ0n) is 21.6. The van der Waals surface area contributed by atoms with E-state index >= 15 is 0 Å². The third kappa shape index (κ3) is 6.29. The normalized spacial score (nSPS) is 14.2. The lowest BCUT2D eigenvalue weighted by Crippen LogP contribution is -2.49. The van der Waals surface area contributed by atoms with Gasteiger partial charge in [-0.3, -0.25) is 4.79 Å². The van der Waals surface area contributed by atoms with Crippen molar-refractivity contribution in [2.75, 3.05) is 31.1 Å². The Morgan fingerprint density at radius 2 is 1.65 bits per heavy atom. The molecule has 2 aromatic carbocycles. The van der Waals surface area contributed by atoms with Crippen LogP contribution in [0.3, 0.4) is 0 Å². The number of aromatic nitrogens is 2. The molecule has 1 aliphatic heterocycles. The third-order valence-corrected chi connectivity index (χ3v) is 6.95. The van der Waals surface area contributed by atoms with Crippen LogP contribution in [0.1, 0.15) is 58.9 Å². The molecular weight excluding hydrogens is 477 g/mol. The lowest BCUT2D eigenvalue weighted by atomic mass is 10.0. The molecule has 5 nitrogen and oxygen atoms in total. The van der Waals surface area contributed by atoms with Crippen LogP contribution in [0.5, 0.6) is 0 Å². The SMILES string of the molecule is CCCCCc1ccc(C(=O)N2CCN(c3nc(-c4cccc(C(F)(F)F)c4)nc(C)c3C)CC2)cc1. The van der Waals surface area contributed by atoms with E-state index in [9.17, 15) is 18.0 Å². The molecular formula is C29H33F3N4O. The summed E-state index contributed by atoms with van der Waals surface area (Å²) < 4.78 is 39.7. The molecule has 1 amide bonds. The summed E-state index contributed by atoms with van der Waals surface area (Å²) >= 11 is 0. The van der Waals surface area contributed by atoms with E-state index in [2.05, 4.69) is 21.8 Å². The topological polar surface area (TPSA) is 49.3 Å². The van der Waals surface area contributed by atoms with Gasteiger partial charge in [0, 0.05) is 48.6 Å². The third-order valence-electron chi connectivity index (χ3n) is 6.95. The van der Waals surface area contributed by atoms with E-state index in [0.717, 1.165) is 36.2 Å². The van der Waals surface area contributed by atoms with Gasteiger partial charge in [-0.1, -0.05) is 44.0 Å². The van der Waals surface area contributed by atoms with Crippen LogP contribution in [0.25, 0.3) is 11.4 Å². The number of aryl methyl sites for hydroxylation is 2. The Kier molecular flexibility index (Phi) is 8.15. The molecule has 8 heteroatoms. The zero-order valence-corrected chi connectivity index (χ0v) is 21.6. The maximum atomic E-state index is 13.2. The molecule has 3 aromatic rings. The van der Waals surface area contributed by atoms with Crippen molar-refractivity contribution in [1.29, 1.82) is 0 Å². The molecule has 196 valence electrons. The molecule has 0 spiro atoms. The van der Waals surface area contributed by atoms with Crippen LogP contribution in [0.2, 0.25) is 0 Å². The molecule has 0 aliphatic carbocycles. The minimum absolute atomic E-state index is 0.0139. The van der Waals surface area contributed by atoms with Crippen molar-refractivity contribution in [3.8, 4) is 11.4 Å². The monoisotopic (exact) mass is 510 g/mol. The van der Waals surface area contributed by atoms with Crippen LogP contribution >= 0.6 is 0 Å². The Balaban J connectivity index is 1.46. The number of carbonyl (C=O) groups is 1. The Labute approximate surface area is 216 Å². The van der Waals surface area contributed by atoms with Crippen LogP contribution in [0, 0.1) is 13.8 Å². The fourth-order valence-corrected chi connectivity index (χ4v) is 4.58. The molecule has 2 heterocycles. The van der Waals surface area contributed by atoms with Crippen LogP contribution in [-0.4, -0.2) is 47.0 Å². The van der Waals surface area contributed by atoms with Crippen LogP contribution in [0.15, 0.2) is 48.5 Å². The first-order valence-electron chi connectivity index (χ1n) is 12.8. The standard InChI is InChI=1S/C29H33F3N4O/c1-4-5-6-8-22-11-13-23(14-12-22)28(37)36-17-15-35(16-18-36)27-20(2)21(3)33-26(34-27)24-9-7-10-25(19-24)29(30,31)32/h7,9-14,19H,4-6,8,15-18H2,1-3H3. The van der Waals surface area contributed by atoms with E-state index in [0.29, 0.717) is 43.1 Å². The van der Waals surface area contributed by atoms with E-state index in [1.807, 2.05) is 43.0 Å². The number of unbranched alkanes of at least 4 members (excludes halogenated alkanes) is 2. The van der Waals surface area contributed by atoms with Gasteiger partial charge in [0.15, 0.2) is 5.82 Å². The van der Waals surface area contributed by atoms with Crippen LogP contribution in [-0.2, 0) is 12.6 Å². The second kappa shape index (κ2) is 11.3. The minimum atomic E-state index is -4.43. The Hall–Kier alpha value is -3.42. The maximum absolute atomic E-state index is 13.2. The first-order chi connectivity index (χ1) is 17.7. The summed E-state index contributed by atoms with van der Waals surface area (Å²) in [6.45, 7) is 8.19. The fraction of sp³-hybridized carbons (Fsp3) is 0.414. The molecule has 4 rings (SSSR count). The number of hydrogen-bond acceptors (Lipinski definition) is 4. The van der Waals surface area contributed by atoms with Gasteiger partial charge in [0.2, 0.25) is 0 Å². The summed E-state index contributed by atoms with van der Waals surface area (Å²) in [5.74, 6) is 0.977. The molecule has 0 N–H and O–H groups in total. The molecule has 1 fully saturated rings. The van der Waals surface area contributed by atoms with Crippen molar-refractivity contribution < 1.29 is 18.0 Å². The van der Waals surface area contributed by atoms with Gasteiger partial charge in [-0.25, -0.2) is 9.97 Å². The number of halogens is 3. The van der Waals surface area contributed by atoms with Gasteiger partial charge in [0.25, 0.3) is 5.91 Å². The number of hydrogen-bond donors (Lipinski definition) is 0. The number of nitrogens with zero attached hydrogens (tertiary/aromatic N) is 4. The van der Waals surface area contributed by atoms with Gasteiger partial charge in [0.05, 0.1) is 5.56 Å². The predicted molar refractivity (Wildman–Crippen MR) is 140 cm³/mol. The summed E-state index contributed by atoms with van der Waals surface area (Å²) in [7, 11) is 0. The predicted octanol–water partition coefficient (Wildman–Crippen LogP) is 6.47. The van der Waals surface area contributed by atoms with E-state index in [4.69, 9.17) is 0 Å². The van der Waals surface area contributed by atoms with Gasteiger partial charge in [0.1, 0.15) is 5.82 Å². The number of anilines is 1. The van der Waals surface area contributed by atoms with Gasteiger partial charge >= 0.3 is 6.18 Å². The van der Waals surface area contributed by atoms with Gasteiger partial charge in [-0.05, 0) is 56.5 Å². The lowest BCUT2D eigenvalue weighted by Gasteiger charge is -2.36. The van der Waals surface area contributed by atoms with Crippen molar-refractivity contribution in [2.45, 2.75) is 52.6 Å². The average molecular weight is 511 g/mol. The summed E-state index contributed by atoms with van der Waals surface area (Å²) in [5, 5.41) is 0. The van der Waals surface area contributed by atoms with Gasteiger partial charge < -0.3 is 9.80 Å². The molecule has 37 heavy (non-hydrogen) atoms. The lowest BCUT2D eigenvalue weighted by molar-refractivity contribution is -0.137. The van der Waals surface area contributed by atoms with Gasteiger partial charge in [-0.15, -0.1) is 0 Å². The van der Waals surface area contributed by atoms with E-state index in [1.54, 1.807) is 6.07 Å². The molecule has 0 saturated carbocycles. The Morgan fingerprint density at radius 1 is 0.946 bits per heavy atom. The second-order valence-electron chi connectivity index (χ2n) is 9.59. The molecule has 0 radical (unpaired) electrons. The van der Waals surface area contributed by atoms with Gasteiger partial charge in [-0.2, -0.15) is 13.2 Å².